The van der Waals surface area contributed by atoms with Gasteiger partial charge in [-0.3, -0.25) is 0 Å². The highest BCUT2D eigenvalue weighted by Crippen LogP contribution is 2.40. The monoisotopic (exact) mass is 170 g/mol. The van der Waals surface area contributed by atoms with Crippen molar-refractivity contribution < 1.29 is 9.16 Å². The van der Waals surface area contributed by atoms with Crippen LogP contribution in [0.5, 0.6) is 0 Å². The van der Waals surface area contributed by atoms with Gasteiger partial charge in [0.25, 0.3) is 0 Å². The molecule has 2 radical (unpaired) electrons. The van der Waals surface area contributed by atoms with Gasteiger partial charge in [0.2, 0.25) is 9.76 Å². The van der Waals surface area contributed by atoms with Crippen molar-refractivity contribution in [3.05, 3.63) is 0 Å². The molecule has 3 heteroatoms. The van der Waals surface area contributed by atoms with Gasteiger partial charge in [-0.1, -0.05) is 0 Å². The SMILES string of the molecule is CO[Si]CC1CCC2OC2C1. The molecule has 1 aliphatic heterocycles. The molecule has 0 spiro atoms. The van der Waals surface area contributed by atoms with Crippen LogP contribution in [0.15, 0.2) is 0 Å². The summed E-state index contributed by atoms with van der Waals surface area (Å²) in [5, 5.41) is 0. The first-order valence-electron chi connectivity index (χ1n) is 4.31. The molecule has 0 aromatic heterocycles. The molecule has 2 fully saturated rings. The van der Waals surface area contributed by atoms with Gasteiger partial charge in [0.05, 0.1) is 12.2 Å². The van der Waals surface area contributed by atoms with Gasteiger partial charge in [-0.15, -0.1) is 0 Å². The molecule has 11 heavy (non-hydrogen) atoms. The summed E-state index contributed by atoms with van der Waals surface area (Å²) < 4.78 is 10.5. The van der Waals surface area contributed by atoms with E-state index < -0.39 is 0 Å². The van der Waals surface area contributed by atoms with Gasteiger partial charge >= 0.3 is 0 Å². The van der Waals surface area contributed by atoms with Crippen LogP contribution in [-0.2, 0) is 9.16 Å². The van der Waals surface area contributed by atoms with Gasteiger partial charge in [-0.2, -0.15) is 0 Å². The van der Waals surface area contributed by atoms with Crippen LogP contribution in [0.2, 0.25) is 6.04 Å². The maximum Gasteiger partial charge on any atom is 0.229 e. The normalized spacial score (nSPS) is 41.7. The van der Waals surface area contributed by atoms with Crippen molar-refractivity contribution in [2.45, 2.75) is 37.5 Å². The molecular weight excluding hydrogens is 156 g/mol. The van der Waals surface area contributed by atoms with E-state index in [2.05, 4.69) is 0 Å². The van der Waals surface area contributed by atoms with Crippen molar-refractivity contribution in [3.63, 3.8) is 0 Å². The lowest BCUT2D eigenvalue weighted by Gasteiger charge is -2.16. The summed E-state index contributed by atoms with van der Waals surface area (Å²) >= 11 is 0. The van der Waals surface area contributed by atoms with Crippen LogP contribution in [0.3, 0.4) is 0 Å². The molecule has 62 valence electrons. The summed E-state index contributed by atoms with van der Waals surface area (Å²) in [6.45, 7) is 0. The maximum atomic E-state index is 5.45. The fourth-order valence-corrected chi connectivity index (χ4v) is 2.65. The van der Waals surface area contributed by atoms with Crippen LogP contribution in [0.25, 0.3) is 0 Å². The van der Waals surface area contributed by atoms with Gasteiger partial charge in [0, 0.05) is 7.11 Å². The average Bonchev–Trinajstić information content (AvgIpc) is 2.78. The average molecular weight is 170 g/mol. The van der Waals surface area contributed by atoms with Crippen LogP contribution in [-0.4, -0.2) is 29.1 Å². The highest BCUT2D eigenvalue weighted by atomic mass is 28.2. The first-order chi connectivity index (χ1) is 5.40. The van der Waals surface area contributed by atoms with Crippen LogP contribution >= 0.6 is 0 Å². The largest absolute Gasteiger partial charge is 0.421 e. The van der Waals surface area contributed by atoms with Crippen LogP contribution < -0.4 is 0 Å². The van der Waals surface area contributed by atoms with Gasteiger partial charge < -0.3 is 9.16 Å². The molecule has 0 N–H and O–H groups in total. The highest BCUT2D eigenvalue weighted by molar-refractivity contribution is 6.27. The minimum Gasteiger partial charge on any atom is -0.421 e. The molecular formula is C8H14O2Si. The molecule has 1 saturated carbocycles. The third-order valence-electron chi connectivity index (χ3n) is 2.63. The van der Waals surface area contributed by atoms with Crippen LogP contribution in [0.4, 0.5) is 0 Å². The molecule has 3 atom stereocenters. The smallest absolute Gasteiger partial charge is 0.229 e. The Morgan fingerprint density at radius 3 is 3.09 bits per heavy atom. The zero-order chi connectivity index (χ0) is 7.68. The van der Waals surface area contributed by atoms with E-state index in [1.807, 2.05) is 0 Å². The van der Waals surface area contributed by atoms with Gasteiger partial charge in [0.1, 0.15) is 0 Å². The number of ether oxygens (including phenoxy) is 1. The Hall–Kier alpha value is 0.137. The second-order valence-electron chi connectivity index (χ2n) is 3.44. The van der Waals surface area contributed by atoms with Crippen LogP contribution in [0, 0.1) is 5.92 Å². The van der Waals surface area contributed by atoms with Crippen molar-refractivity contribution in [2.24, 2.45) is 5.92 Å². The van der Waals surface area contributed by atoms with Crippen molar-refractivity contribution >= 4 is 9.76 Å². The summed E-state index contributed by atoms with van der Waals surface area (Å²) in [7, 11) is 2.49. The minimum absolute atomic E-state index is 0.635. The molecule has 1 saturated heterocycles. The van der Waals surface area contributed by atoms with E-state index in [0.29, 0.717) is 22.0 Å². The van der Waals surface area contributed by atoms with Crippen LogP contribution in [0.1, 0.15) is 19.3 Å². The van der Waals surface area contributed by atoms with Crippen molar-refractivity contribution in [1.29, 1.82) is 0 Å². The zero-order valence-electron chi connectivity index (χ0n) is 6.88. The molecule has 0 aromatic carbocycles. The third-order valence-corrected chi connectivity index (χ3v) is 3.66. The number of hydrogen-bond acceptors (Lipinski definition) is 2. The molecule has 0 aromatic rings. The van der Waals surface area contributed by atoms with E-state index in [1.165, 1.54) is 25.3 Å². The summed E-state index contributed by atoms with van der Waals surface area (Å²) in [4.78, 5) is 0. The molecule has 3 unspecified atom stereocenters. The molecule has 0 bridgehead atoms. The first kappa shape index (κ1) is 7.77. The Bertz CT molecular complexity index is 140. The van der Waals surface area contributed by atoms with Gasteiger partial charge in [0.15, 0.2) is 0 Å². The van der Waals surface area contributed by atoms with E-state index in [9.17, 15) is 0 Å². The number of fused-ring (bicyclic) bond motifs is 1. The lowest BCUT2D eigenvalue weighted by molar-refractivity contribution is 0.363. The molecule has 2 rings (SSSR count). The van der Waals surface area contributed by atoms with E-state index >= 15 is 0 Å². The minimum atomic E-state index is 0.635. The lowest BCUT2D eigenvalue weighted by Crippen LogP contribution is -2.15. The zero-order valence-corrected chi connectivity index (χ0v) is 7.88. The van der Waals surface area contributed by atoms with Gasteiger partial charge in [-0.25, -0.2) is 0 Å². The van der Waals surface area contributed by atoms with E-state index in [4.69, 9.17) is 9.16 Å². The molecule has 0 amide bonds. The molecule has 2 aliphatic rings. The summed E-state index contributed by atoms with van der Waals surface area (Å²) in [5.41, 5.74) is 0. The lowest BCUT2D eigenvalue weighted by atomic mass is 9.91. The quantitative estimate of drug-likeness (QED) is 0.469. The maximum absolute atomic E-state index is 5.45. The number of hydrogen-bond donors (Lipinski definition) is 0. The Morgan fingerprint density at radius 2 is 2.36 bits per heavy atom. The van der Waals surface area contributed by atoms with E-state index in [-0.39, 0.29) is 0 Å². The Balaban J connectivity index is 1.68. The fourth-order valence-electron chi connectivity index (χ4n) is 1.87. The number of epoxide rings is 1. The summed E-state index contributed by atoms with van der Waals surface area (Å²) in [6, 6.07) is 1.25. The number of rotatable bonds is 3. The second kappa shape index (κ2) is 3.25. The van der Waals surface area contributed by atoms with Crippen molar-refractivity contribution in [2.75, 3.05) is 7.11 Å². The van der Waals surface area contributed by atoms with Gasteiger partial charge in [-0.05, 0) is 31.2 Å². The molecule has 1 aliphatic carbocycles. The summed E-state index contributed by atoms with van der Waals surface area (Å²) in [5.74, 6) is 0.886. The topological polar surface area (TPSA) is 21.8 Å². The molecule has 1 heterocycles. The standard InChI is InChI=1S/C8H14O2Si/c1-9-11-5-6-2-3-7-8(4-6)10-7/h6-8H,2-5H2,1H3. The van der Waals surface area contributed by atoms with E-state index in [1.54, 1.807) is 7.11 Å². The highest BCUT2D eigenvalue weighted by Gasteiger charge is 2.43. The fraction of sp³-hybridized carbons (Fsp3) is 1.00. The molecule has 2 nitrogen and oxygen atoms in total. The van der Waals surface area contributed by atoms with Crippen molar-refractivity contribution in [1.82, 2.24) is 0 Å². The van der Waals surface area contributed by atoms with Crippen molar-refractivity contribution in [3.8, 4) is 0 Å². The summed E-state index contributed by atoms with van der Waals surface area (Å²) in [6.07, 6.45) is 5.23. The third kappa shape index (κ3) is 1.83. The first-order valence-corrected chi connectivity index (χ1v) is 5.43. The Labute approximate surface area is 70.2 Å². The Morgan fingerprint density at radius 1 is 1.45 bits per heavy atom. The van der Waals surface area contributed by atoms with E-state index in [0.717, 1.165) is 5.92 Å². The second-order valence-corrected chi connectivity index (χ2v) is 4.55. The predicted molar refractivity (Wildman–Crippen MR) is 43.6 cm³/mol. The Kier molecular flexibility index (Phi) is 2.30. The predicted octanol–water partition coefficient (Wildman–Crippen LogP) is 1.24.